The smallest absolute Gasteiger partial charge is 0.242 e. The minimum Gasteiger partial charge on any atom is -0.347 e. The van der Waals surface area contributed by atoms with Crippen molar-refractivity contribution >= 4 is 11.8 Å². The van der Waals surface area contributed by atoms with E-state index >= 15 is 0 Å². The van der Waals surface area contributed by atoms with Crippen molar-refractivity contribution in [1.82, 2.24) is 15.5 Å². The first-order chi connectivity index (χ1) is 9.75. The maximum atomic E-state index is 12.0. The molecule has 2 N–H and O–H groups in total. The molecule has 0 aromatic heterocycles. The number of rotatable bonds is 4. The van der Waals surface area contributed by atoms with Gasteiger partial charge in [0.25, 0.3) is 0 Å². The molecule has 5 heteroatoms. The molecule has 0 aromatic carbocycles. The summed E-state index contributed by atoms with van der Waals surface area (Å²) in [5, 5.41) is 6.07. The van der Waals surface area contributed by atoms with E-state index in [0.29, 0.717) is 12.3 Å². The van der Waals surface area contributed by atoms with Gasteiger partial charge in [-0.1, -0.05) is 19.3 Å². The SMILES string of the molecule is O=C(CC1CCCCC1)NCC(=O)N1CCCNCC1. The van der Waals surface area contributed by atoms with Gasteiger partial charge in [-0.25, -0.2) is 0 Å². The third kappa shape index (κ3) is 5.12. The van der Waals surface area contributed by atoms with Crippen molar-refractivity contribution in [1.29, 1.82) is 0 Å². The van der Waals surface area contributed by atoms with E-state index in [-0.39, 0.29) is 18.4 Å². The summed E-state index contributed by atoms with van der Waals surface area (Å²) < 4.78 is 0. The number of nitrogens with one attached hydrogen (secondary N) is 2. The third-order valence-electron chi connectivity index (χ3n) is 4.33. The van der Waals surface area contributed by atoms with Crippen molar-refractivity contribution in [3.63, 3.8) is 0 Å². The van der Waals surface area contributed by atoms with Crippen LogP contribution in [0, 0.1) is 5.92 Å². The van der Waals surface area contributed by atoms with Crippen LogP contribution >= 0.6 is 0 Å². The summed E-state index contributed by atoms with van der Waals surface area (Å²) in [5.41, 5.74) is 0. The lowest BCUT2D eigenvalue weighted by atomic mass is 9.87. The standard InChI is InChI=1S/C15H27N3O2/c19-14(11-13-5-2-1-3-6-13)17-12-15(20)18-9-4-7-16-8-10-18/h13,16H,1-12H2,(H,17,19). The maximum Gasteiger partial charge on any atom is 0.242 e. The molecule has 2 fully saturated rings. The highest BCUT2D eigenvalue weighted by Gasteiger charge is 2.19. The Morgan fingerprint density at radius 2 is 1.85 bits per heavy atom. The van der Waals surface area contributed by atoms with Crippen molar-refractivity contribution in [3.8, 4) is 0 Å². The van der Waals surface area contributed by atoms with Crippen molar-refractivity contribution in [3.05, 3.63) is 0 Å². The maximum absolute atomic E-state index is 12.0. The van der Waals surface area contributed by atoms with Gasteiger partial charge >= 0.3 is 0 Å². The molecule has 0 radical (unpaired) electrons. The van der Waals surface area contributed by atoms with Crippen molar-refractivity contribution < 1.29 is 9.59 Å². The lowest BCUT2D eigenvalue weighted by Gasteiger charge is -2.22. The Morgan fingerprint density at radius 1 is 1.05 bits per heavy atom. The second-order valence-electron chi connectivity index (χ2n) is 5.97. The van der Waals surface area contributed by atoms with Crippen LogP contribution in [0.4, 0.5) is 0 Å². The van der Waals surface area contributed by atoms with E-state index in [1.165, 1.54) is 32.1 Å². The number of hydrogen-bond acceptors (Lipinski definition) is 3. The predicted molar refractivity (Wildman–Crippen MR) is 78.3 cm³/mol. The van der Waals surface area contributed by atoms with Gasteiger partial charge in [-0.3, -0.25) is 9.59 Å². The van der Waals surface area contributed by atoms with Crippen LogP contribution < -0.4 is 10.6 Å². The number of carbonyl (C=O) groups is 2. The van der Waals surface area contributed by atoms with E-state index in [1.807, 2.05) is 4.90 Å². The molecule has 1 saturated heterocycles. The lowest BCUT2D eigenvalue weighted by Crippen LogP contribution is -2.42. The van der Waals surface area contributed by atoms with Gasteiger partial charge in [0, 0.05) is 26.1 Å². The lowest BCUT2D eigenvalue weighted by molar-refractivity contribution is -0.133. The summed E-state index contributed by atoms with van der Waals surface area (Å²) in [4.78, 5) is 25.8. The van der Waals surface area contributed by atoms with Crippen LogP contribution in [0.3, 0.4) is 0 Å². The van der Waals surface area contributed by atoms with Crippen LogP contribution in [0.5, 0.6) is 0 Å². The summed E-state index contributed by atoms with van der Waals surface area (Å²) in [7, 11) is 0. The number of nitrogens with zero attached hydrogens (tertiary/aromatic N) is 1. The van der Waals surface area contributed by atoms with E-state index in [4.69, 9.17) is 0 Å². The molecular weight excluding hydrogens is 254 g/mol. The highest BCUT2D eigenvalue weighted by Crippen LogP contribution is 2.25. The first-order valence-corrected chi connectivity index (χ1v) is 8.01. The Labute approximate surface area is 121 Å². The van der Waals surface area contributed by atoms with Gasteiger partial charge in [-0.2, -0.15) is 0 Å². The van der Waals surface area contributed by atoms with Gasteiger partial charge in [0.2, 0.25) is 11.8 Å². The van der Waals surface area contributed by atoms with Crippen LogP contribution in [0.15, 0.2) is 0 Å². The molecule has 0 unspecified atom stereocenters. The van der Waals surface area contributed by atoms with E-state index < -0.39 is 0 Å². The Hall–Kier alpha value is -1.10. The molecule has 1 aliphatic carbocycles. The van der Waals surface area contributed by atoms with Crippen molar-refractivity contribution in [2.75, 3.05) is 32.7 Å². The number of carbonyl (C=O) groups excluding carboxylic acids is 2. The zero-order valence-electron chi connectivity index (χ0n) is 12.3. The highest BCUT2D eigenvalue weighted by molar-refractivity contribution is 5.84. The van der Waals surface area contributed by atoms with Crippen LogP contribution in [0.2, 0.25) is 0 Å². The molecule has 0 spiro atoms. The minimum absolute atomic E-state index is 0.0400. The topological polar surface area (TPSA) is 61.4 Å². The molecule has 2 rings (SSSR count). The van der Waals surface area contributed by atoms with Crippen LogP contribution in [0.25, 0.3) is 0 Å². The molecular formula is C15H27N3O2. The normalized spacial score (nSPS) is 21.3. The van der Waals surface area contributed by atoms with Gasteiger partial charge in [-0.15, -0.1) is 0 Å². The zero-order valence-corrected chi connectivity index (χ0v) is 12.3. The summed E-state index contributed by atoms with van der Waals surface area (Å²) in [6, 6.07) is 0. The second kappa shape index (κ2) is 8.25. The minimum atomic E-state index is 0.0400. The first-order valence-electron chi connectivity index (χ1n) is 8.01. The number of hydrogen-bond donors (Lipinski definition) is 2. The van der Waals surface area contributed by atoms with E-state index in [2.05, 4.69) is 10.6 Å². The number of amides is 2. The second-order valence-corrected chi connectivity index (χ2v) is 5.97. The molecule has 1 saturated carbocycles. The Balaban J connectivity index is 1.65. The Kier molecular flexibility index (Phi) is 6.30. The zero-order chi connectivity index (χ0) is 14.2. The predicted octanol–water partition coefficient (Wildman–Crippen LogP) is 0.895. The fraction of sp³-hybridized carbons (Fsp3) is 0.867. The van der Waals surface area contributed by atoms with Crippen LogP contribution in [0.1, 0.15) is 44.9 Å². The summed E-state index contributed by atoms with van der Waals surface area (Å²) in [5.74, 6) is 0.616. The summed E-state index contributed by atoms with van der Waals surface area (Å²) in [6.45, 7) is 3.52. The molecule has 114 valence electrons. The molecule has 2 aliphatic rings. The average molecular weight is 281 g/mol. The first kappa shape index (κ1) is 15.3. The quantitative estimate of drug-likeness (QED) is 0.804. The van der Waals surface area contributed by atoms with E-state index in [0.717, 1.165) is 32.6 Å². The van der Waals surface area contributed by atoms with Gasteiger partial charge in [-0.05, 0) is 31.7 Å². The average Bonchev–Trinajstić information content (AvgIpc) is 2.75. The Morgan fingerprint density at radius 3 is 2.65 bits per heavy atom. The molecule has 1 heterocycles. The Bertz CT molecular complexity index is 319. The van der Waals surface area contributed by atoms with Crippen molar-refractivity contribution in [2.45, 2.75) is 44.9 Å². The molecule has 2 amide bonds. The fourth-order valence-corrected chi connectivity index (χ4v) is 3.11. The molecule has 1 aliphatic heterocycles. The molecule has 5 nitrogen and oxygen atoms in total. The monoisotopic (exact) mass is 281 g/mol. The van der Waals surface area contributed by atoms with E-state index in [1.54, 1.807) is 0 Å². The molecule has 0 atom stereocenters. The van der Waals surface area contributed by atoms with Crippen molar-refractivity contribution in [2.24, 2.45) is 5.92 Å². The van der Waals surface area contributed by atoms with Crippen LogP contribution in [-0.2, 0) is 9.59 Å². The van der Waals surface area contributed by atoms with Crippen LogP contribution in [-0.4, -0.2) is 49.4 Å². The van der Waals surface area contributed by atoms with Gasteiger partial charge in [0.15, 0.2) is 0 Å². The molecule has 0 bridgehead atoms. The third-order valence-corrected chi connectivity index (χ3v) is 4.33. The largest absolute Gasteiger partial charge is 0.347 e. The summed E-state index contributed by atoms with van der Waals surface area (Å²) >= 11 is 0. The highest BCUT2D eigenvalue weighted by atomic mass is 16.2. The molecule has 0 aromatic rings. The summed E-state index contributed by atoms with van der Waals surface area (Å²) in [6.07, 6.45) is 7.71. The van der Waals surface area contributed by atoms with Gasteiger partial charge in [0.05, 0.1) is 6.54 Å². The van der Waals surface area contributed by atoms with Gasteiger partial charge in [0.1, 0.15) is 0 Å². The van der Waals surface area contributed by atoms with Gasteiger partial charge < -0.3 is 15.5 Å². The fourth-order valence-electron chi connectivity index (χ4n) is 3.11. The van der Waals surface area contributed by atoms with E-state index in [9.17, 15) is 9.59 Å². The molecule has 20 heavy (non-hydrogen) atoms.